The maximum Gasteiger partial charge on any atom is 0.191 e. The van der Waals surface area contributed by atoms with E-state index >= 15 is 0 Å². The molecule has 144 heavy (non-hydrogen) atoms. The van der Waals surface area contributed by atoms with Crippen LogP contribution in [0.15, 0.2) is 93.4 Å². The van der Waals surface area contributed by atoms with Crippen LogP contribution in [0.2, 0.25) is 0 Å². The number of ether oxygens (including phenoxy) is 4. The molecule has 8 aliphatic rings. The number of fused-ring (bicyclic) bond motifs is 4. The molecule has 0 spiro atoms. The second kappa shape index (κ2) is 47.3. The molecule has 8 heterocycles. The fraction of sp³-hybridized carbons (Fsp3) is 0.583. The third kappa shape index (κ3) is 23.8. The Bertz CT molecular complexity index is 7350. The first kappa shape index (κ1) is 84.4. The van der Waals surface area contributed by atoms with Crippen LogP contribution >= 0.6 is 47.0 Å². The number of benzene rings is 4. The van der Waals surface area contributed by atoms with Crippen molar-refractivity contribution >= 4 is 115 Å². The summed E-state index contributed by atoms with van der Waals surface area (Å²) in [5.41, 5.74) is 3.50. The number of anilines is 4. The van der Waals surface area contributed by atoms with E-state index in [0.717, 1.165) is 42.2 Å². The van der Waals surface area contributed by atoms with Crippen molar-refractivity contribution in [3.05, 3.63) is 141 Å². The molecule has 8 aromatic heterocycles. The van der Waals surface area contributed by atoms with Gasteiger partial charge in [-0.05, 0) is 148 Å². The standard InChI is InChI=1S/4C24H31FN6O4S/c4*1-3-8-36-24-27-22(26-16-10-14(16)13-5-4-12(2)15(25)9-13)19-23(28-24)31(30-29-19)17-11-18(35-7-6-32)21(34)20(17)33/h4*4-5,9,14,16-18,20-21,32-34H,3,6-8,10-11H2,1-2H3,(H,26,27,28)/t4*14-,16+,17+,18-,20-,21+/m0000/s1/i3D2,6D2,7D2,8D2;7D2,10D2;6D2,10D2;10D2. The molecular formula is C96H124F4N24O16S4. The van der Waals surface area contributed by atoms with Crippen LogP contribution in [0.3, 0.4) is 0 Å². The van der Waals surface area contributed by atoms with Crippen molar-refractivity contribution in [2.24, 2.45) is 0 Å². The first-order valence-corrected chi connectivity index (χ1v) is 50.7. The Balaban J connectivity index is 0.000000145. The van der Waals surface area contributed by atoms with Crippen LogP contribution in [0.25, 0.3) is 44.7 Å². The van der Waals surface area contributed by atoms with Gasteiger partial charge in [-0.1, -0.05) is 144 Å². The summed E-state index contributed by atoms with van der Waals surface area (Å²) >= 11 is 4.61. The number of nitrogens with zero attached hydrogens (tertiary/aromatic N) is 20. The minimum absolute atomic E-state index is 0.0200. The second-order valence-corrected chi connectivity index (χ2v) is 39.7. The van der Waals surface area contributed by atoms with Crippen molar-refractivity contribution in [1.82, 2.24) is 99.8 Å². The van der Waals surface area contributed by atoms with E-state index in [1.165, 1.54) is 73.6 Å². The van der Waals surface area contributed by atoms with Crippen molar-refractivity contribution < 1.29 is 122 Å². The van der Waals surface area contributed by atoms with Gasteiger partial charge in [0.25, 0.3) is 0 Å². The lowest BCUT2D eigenvalue weighted by atomic mass is 10.1. The minimum atomic E-state index is -3.41. The van der Waals surface area contributed by atoms with Crippen molar-refractivity contribution in [2.45, 2.75) is 298 Å². The number of aliphatic hydroxyl groups is 12. The molecule has 0 bridgehead atoms. The molecule has 0 unspecified atom stereocenters. The first-order valence-electron chi connectivity index (χ1n) is 56.0. The lowest BCUT2D eigenvalue weighted by Gasteiger charge is -2.17. The molecule has 12 aromatic rings. The highest BCUT2D eigenvalue weighted by molar-refractivity contribution is 7.99. The van der Waals surface area contributed by atoms with Crippen LogP contribution in [-0.4, -0.2) is 334 Å². The third-order valence-corrected chi connectivity index (χ3v) is 29.6. The average molecular weight is 2090 g/mol. The van der Waals surface area contributed by atoms with Gasteiger partial charge in [-0.25, -0.2) is 76.2 Å². The lowest BCUT2D eigenvalue weighted by molar-refractivity contribution is -0.0629. The van der Waals surface area contributed by atoms with Gasteiger partial charge in [0.2, 0.25) is 0 Å². The van der Waals surface area contributed by atoms with E-state index in [1.807, 2.05) is 26.8 Å². The Morgan fingerprint density at radius 2 is 0.660 bits per heavy atom. The van der Waals surface area contributed by atoms with Gasteiger partial charge < -0.3 is 101 Å². The summed E-state index contributed by atoms with van der Waals surface area (Å²) < 4.78 is 226. The number of hydrogen-bond acceptors (Lipinski definition) is 40. The van der Waals surface area contributed by atoms with Crippen LogP contribution in [0.4, 0.5) is 40.8 Å². The molecule has 776 valence electrons. The Hall–Kier alpha value is -9.52. The summed E-state index contributed by atoms with van der Waals surface area (Å²) in [6.45, 7) is 0.288. The fourth-order valence-electron chi connectivity index (χ4n) is 17.7. The van der Waals surface area contributed by atoms with Gasteiger partial charge in [0.15, 0.2) is 88.6 Å². The highest BCUT2D eigenvalue weighted by Gasteiger charge is 2.51. The molecule has 0 amide bonds. The summed E-state index contributed by atoms with van der Waals surface area (Å²) in [6.07, 6.45) is -19.6. The van der Waals surface area contributed by atoms with Crippen LogP contribution in [0.5, 0.6) is 0 Å². The predicted octanol–water partition coefficient (Wildman–Crippen LogP) is 8.73. The largest absolute Gasteiger partial charge is 0.394 e. The Kier molecular flexibility index (Phi) is 27.7. The van der Waals surface area contributed by atoms with Gasteiger partial charge in [-0.2, -0.15) is 0 Å². The topological polar surface area (TPSA) is 554 Å². The van der Waals surface area contributed by atoms with Crippen LogP contribution in [0.1, 0.15) is 222 Å². The lowest BCUT2D eigenvalue weighted by Crippen LogP contribution is -2.33. The van der Waals surface area contributed by atoms with Gasteiger partial charge in [-0.3, -0.25) is 0 Å². The van der Waals surface area contributed by atoms with Gasteiger partial charge in [-0.15, -0.1) is 20.4 Å². The zero-order valence-electron chi connectivity index (χ0n) is 97.0. The quantitative estimate of drug-likeness (QED) is 0.00969. The molecular weight excluding hydrogens is 1950 g/mol. The van der Waals surface area contributed by atoms with Crippen molar-refractivity contribution in [3.63, 3.8) is 0 Å². The van der Waals surface area contributed by atoms with Crippen LogP contribution in [-0.2, 0) is 18.9 Å². The van der Waals surface area contributed by atoms with E-state index in [9.17, 15) is 73.7 Å². The number of aryl methyl sites for hydroxylation is 4. The predicted molar refractivity (Wildman–Crippen MR) is 530 cm³/mol. The number of nitrogens with one attached hydrogen (secondary N) is 4. The Morgan fingerprint density at radius 3 is 0.951 bits per heavy atom. The fourth-order valence-corrected chi connectivity index (χ4v) is 20.2. The maximum atomic E-state index is 14.2. The van der Waals surface area contributed by atoms with E-state index in [-0.39, 0.29) is 119 Å². The number of aliphatic hydroxyl groups excluding tert-OH is 10. The van der Waals surface area contributed by atoms with Gasteiger partial charge in [0.05, 0.1) is 112 Å². The van der Waals surface area contributed by atoms with Gasteiger partial charge in [0, 0.05) is 110 Å². The van der Waals surface area contributed by atoms with E-state index in [4.69, 9.17) is 48.7 Å². The summed E-state index contributed by atoms with van der Waals surface area (Å²) in [6, 6.07) is 13.3. The monoisotopic (exact) mass is 2090 g/mol. The average Bonchev–Trinajstić information content (AvgIpc) is 1.56. The molecule has 4 aromatic carbocycles. The molecule has 40 nitrogen and oxygen atoms in total. The smallest absolute Gasteiger partial charge is 0.191 e. The SMILES string of the molecule is [2H]C([2H])(C)C([2H])([2H])Sc1nc(N[C@@H]2C[C@H]2c2ccc(C)c(F)c2)c2nnn([C@@H]3C[C@H](OC([2H])([2H])C([2H])([2H])O)[C@@H](O)[C@H]3O)c2n1.[2H]C([2H])(CO)O[C@H]1C[C@@H](n2nnc3c(N[C@H]4[C@H](c5ccc(C)c(F)c5)C4([2H])[2H])nc(SCCC)nc32)[C@H](O)[C@@H]1O.[2H]C([2H])(O)CO[C@H]1C[C@@H](n2nnc3c(N[C@H]4[C@H](c5ccc(C)c(F)c5)C4([2H])[2H])nc(SCCC)nc32)[C@H](O)[C@@H]1O.[2H]C1([2H])[C@@H](Nc2nc(SCCC)nc3c2nnn3[C@@H]2C[C@H](OCCO)[C@@H](O)[C@H]2O)[C@@H]1c1ccc(C)c(F)c1. The molecule has 8 fully saturated rings. The third-order valence-electron chi connectivity index (χ3n) is 25.8. The normalized spacial score (nSPS) is 31.1. The molecule has 8 saturated carbocycles. The van der Waals surface area contributed by atoms with E-state index in [1.54, 1.807) is 70.2 Å². The summed E-state index contributed by atoms with van der Waals surface area (Å²) in [4.78, 5) is 36.2. The van der Waals surface area contributed by atoms with Crippen molar-refractivity contribution in [1.29, 1.82) is 0 Å². The number of rotatable bonds is 40. The number of halogens is 4. The van der Waals surface area contributed by atoms with E-state index in [2.05, 4.69) is 102 Å². The van der Waals surface area contributed by atoms with Crippen molar-refractivity contribution in [3.8, 4) is 0 Å². The number of thioether (sulfide) groups is 4. The molecule has 16 N–H and O–H groups in total. The zero-order chi connectivity index (χ0) is 118. The van der Waals surface area contributed by atoms with Crippen molar-refractivity contribution in [2.75, 3.05) is 96.9 Å². The highest BCUT2D eigenvalue weighted by atomic mass is 32.2. The Morgan fingerprint density at radius 1 is 0.361 bits per heavy atom. The first-order chi connectivity index (χ1) is 76.1. The zero-order valence-corrected chi connectivity index (χ0v) is 82.2. The highest BCUT2D eigenvalue weighted by Crippen LogP contribution is 2.50. The van der Waals surface area contributed by atoms with Gasteiger partial charge in [0.1, 0.15) is 72.1 Å². The number of hydrogen-bond donors (Lipinski definition) is 16. The summed E-state index contributed by atoms with van der Waals surface area (Å²) in [5.74, 6) is -0.342. The molecule has 0 radical (unpaired) electrons. The summed E-state index contributed by atoms with van der Waals surface area (Å²) in [7, 11) is 0. The van der Waals surface area contributed by atoms with Gasteiger partial charge >= 0.3 is 0 Å². The molecule has 8 aliphatic carbocycles. The van der Waals surface area contributed by atoms with E-state index in [0.29, 0.717) is 101 Å². The molecule has 0 aliphatic heterocycles. The summed E-state index contributed by atoms with van der Waals surface area (Å²) in [5, 5.41) is 169. The maximum absolute atomic E-state index is 14.2. The molecule has 24 atom stereocenters. The Labute approximate surface area is 869 Å². The van der Waals surface area contributed by atoms with Crippen LogP contribution in [0, 0.1) is 51.0 Å². The van der Waals surface area contributed by atoms with E-state index < -0.39 is 216 Å². The molecule has 48 heteroatoms. The molecule has 0 saturated heterocycles. The minimum Gasteiger partial charge on any atom is -0.394 e. The molecule has 20 rings (SSSR count). The second-order valence-electron chi connectivity index (χ2n) is 35.8. The number of aromatic nitrogens is 20. The van der Waals surface area contributed by atoms with Crippen LogP contribution < -0.4 is 21.3 Å².